The highest BCUT2D eigenvalue weighted by molar-refractivity contribution is 5.94. The zero-order valence-electron chi connectivity index (χ0n) is 13.5. The lowest BCUT2D eigenvalue weighted by atomic mass is 10.0. The van der Waals surface area contributed by atoms with Crippen LogP contribution in [-0.4, -0.2) is 23.9 Å². The van der Waals surface area contributed by atoms with Gasteiger partial charge in [0.25, 0.3) is 5.91 Å². The van der Waals surface area contributed by atoms with Gasteiger partial charge in [0.15, 0.2) is 0 Å². The van der Waals surface area contributed by atoms with E-state index < -0.39 is 0 Å². The Labute approximate surface area is 131 Å². The van der Waals surface area contributed by atoms with E-state index >= 15 is 0 Å². The van der Waals surface area contributed by atoms with Crippen LogP contribution in [0.2, 0.25) is 0 Å². The van der Waals surface area contributed by atoms with Crippen LogP contribution in [0.15, 0.2) is 41.0 Å². The normalized spacial score (nSPS) is 12.2. The summed E-state index contributed by atoms with van der Waals surface area (Å²) in [6.07, 6.45) is 3.23. The second kappa shape index (κ2) is 7.27. The first-order chi connectivity index (χ1) is 10.5. The van der Waals surface area contributed by atoms with Crippen molar-refractivity contribution in [3.63, 3.8) is 0 Å². The van der Waals surface area contributed by atoms with Crippen LogP contribution in [0, 0.1) is 6.92 Å². The van der Waals surface area contributed by atoms with Crippen molar-refractivity contribution in [3.05, 3.63) is 59.0 Å². The third-order valence-corrected chi connectivity index (χ3v) is 4.03. The average Bonchev–Trinajstić information content (AvgIpc) is 3.02. The zero-order chi connectivity index (χ0) is 16.1. The summed E-state index contributed by atoms with van der Waals surface area (Å²) in [5.41, 5.74) is 8.57. The summed E-state index contributed by atoms with van der Waals surface area (Å²) in [5, 5.41) is 0. The molecule has 1 heterocycles. The summed E-state index contributed by atoms with van der Waals surface area (Å²) < 4.78 is 5.26. The molecule has 0 saturated carbocycles. The molecule has 1 atom stereocenters. The maximum atomic E-state index is 12.5. The maximum absolute atomic E-state index is 12.5. The third-order valence-electron chi connectivity index (χ3n) is 4.03. The van der Waals surface area contributed by atoms with Gasteiger partial charge in [-0.05, 0) is 31.4 Å². The standard InChI is InChI=1S/C18H24N2O2/c1-4-16(9-14-7-5-13(2)6-8-14)20(3)18(21)15-10-17(11-19)22-12-15/h5-8,10,12,16H,4,9,11,19H2,1-3H3. The second-order valence-corrected chi connectivity index (χ2v) is 5.67. The third kappa shape index (κ3) is 3.77. The van der Waals surface area contributed by atoms with Crippen molar-refractivity contribution in [1.29, 1.82) is 0 Å². The van der Waals surface area contributed by atoms with Crippen LogP contribution in [0.4, 0.5) is 0 Å². The minimum absolute atomic E-state index is 0.0255. The van der Waals surface area contributed by atoms with Gasteiger partial charge >= 0.3 is 0 Å². The molecule has 4 heteroatoms. The van der Waals surface area contributed by atoms with E-state index in [1.54, 1.807) is 11.0 Å². The lowest BCUT2D eigenvalue weighted by Gasteiger charge is -2.27. The van der Waals surface area contributed by atoms with Gasteiger partial charge in [0, 0.05) is 13.1 Å². The molecule has 118 valence electrons. The second-order valence-electron chi connectivity index (χ2n) is 5.67. The maximum Gasteiger partial charge on any atom is 0.257 e. The topological polar surface area (TPSA) is 59.5 Å². The minimum Gasteiger partial charge on any atom is -0.467 e. The lowest BCUT2D eigenvalue weighted by molar-refractivity contribution is 0.0726. The summed E-state index contributed by atoms with van der Waals surface area (Å²) in [4.78, 5) is 14.3. The molecule has 1 aromatic carbocycles. The van der Waals surface area contributed by atoms with Crippen LogP contribution in [0.1, 0.15) is 40.6 Å². The van der Waals surface area contributed by atoms with E-state index in [0.29, 0.717) is 17.9 Å². The van der Waals surface area contributed by atoms with Gasteiger partial charge in [0.1, 0.15) is 12.0 Å². The summed E-state index contributed by atoms with van der Waals surface area (Å²) in [5.74, 6) is 0.603. The molecule has 0 bridgehead atoms. The molecule has 0 fully saturated rings. The number of aryl methyl sites for hydroxylation is 1. The van der Waals surface area contributed by atoms with E-state index in [1.165, 1.54) is 17.4 Å². The average molecular weight is 300 g/mol. The van der Waals surface area contributed by atoms with E-state index in [9.17, 15) is 4.79 Å². The monoisotopic (exact) mass is 300 g/mol. The molecule has 0 radical (unpaired) electrons. The van der Waals surface area contributed by atoms with Gasteiger partial charge in [-0.15, -0.1) is 0 Å². The molecule has 2 N–H and O–H groups in total. The van der Waals surface area contributed by atoms with Crippen LogP contribution in [0.5, 0.6) is 0 Å². The highest BCUT2D eigenvalue weighted by atomic mass is 16.3. The van der Waals surface area contributed by atoms with Crippen molar-refractivity contribution in [2.75, 3.05) is 7.05 Å². The fourth-order valence-electron chi connectivity index (χ4n) is 2.52. The molecule has 0 aliphatic heterocycles. The molecule has 2 rings (SSSR count). The molecule has 0 saturated heterocycles. The summed E-state index contributed by atoms with van der Waals surface area (Å²) in [6, 6.07) is 10.3. The number of amides is 1. The number of nitrogens with zero attached hydrogens (tertiary/aromatic N) is 1. The molecule has 0 aliphatic rings. The van der Waals surface area contributed by atoms with Gasteiger partial charge < -0.3 is 15.1 Å². The highest BCUT2D eigenvalue weighted by Gasteiger charge is 2.21. The van der Waals surface area contributed by atoms with Crippen LogP contribution in [-0.2, 0) is 13.0 Å². The number of furan rings is 1. The first-order valence-corrected chi connectivity index (χ1v) is 7.65. The number of hydrogen-bond donors (Lipinski definition) is 1. The van der Waals surface area contributed by atoms with E-state index in [4.69, 9.17) is 10.2 Å². The van der Waals surface area contributed by atoms with Crippen LogP contribution in [0.3, 0.4) is 0 Å². The first-order valence-electron chi connectivity index (χ1n) is 7.65. The zero-order valence-corrected chi connectivity index (χ0v) is 13.5. The van der Waals surface area contributed by atoms with E-state index in [2.05, 4.69) is 38.1 Å². The molecule has 1 aromatic heterocycles. The predicted octanol–water partition coefficient (Wildman–Crippen LogP) is 3.14. The Kier molecular flexibility index (Phi) is 5.39. The molecule has 2 aromatic rings. The van der Waals surface area contributed by atoms with Crippen LogP contribution >= 0.6 is 0 Å². The van der Waals surface area contributed by atoms with Crippen molar-refractivity contribution in [2.24, 2.45) is 5.73 Å². The number of rotatable bonds is 6. The van der Waals surface area contributed by atoms with Gasteiger partial charge in [-0.2, -0.15) is 0 Å². The Balaban J connectivity index is 2.08. The Morgan fingerprint density at radius 2 is 2.00 bits per heavy atom. The lowest BCUT2D eigenvalue weighted by Crippen LogP contribution is -2.38. The quantitative estimate of drug-likeness (QED) is 0.891. The van der Waals surface area contributed by atoms with Crippen molar-refractivity contribution >= 4 is 5.91 Å². The Morgan fingerprint density at radius 1 is 1.32 bits per heavy atom. The number of nitrogens with two attached hydrogens (primary N) is 1. The van der Waals surface area contributed by atoms with E-state index in [0.717, 1.165) is 12.8 Å². The fraction of sp³-hybridized carbons (Fsp3) is 0.389. The number of carbonyl (C=O) groups excluding carboxylic acids is 1. The minimum atomic E-state index is -0.0255. The van der Waals surface area contributed by atoms with Crippen molar-refractivity contribution in [2.45, 2.75) is 39.3 Å². The largest absolute Gasteiger partial charge is 0.467 e. The molecular formula is C18H24N2O2. The fourth-order valence-corrected chi connectivity index (χ4v) is 2.52. The molecular weight excluding hydrogens is 276 g/mol. The van der Waals surface area contributed by atoms with Gasteiger partial charge in [-0.1, -0.05) is 36.8 Å². The SMILES string of the molecule is CCC(Cc1ccc(C)cc1)N(C)C(=O)c1coc(CN)c1. The van der Waals surface area contributed by atoms with Crippen LogP contribution in [0.25, 0.3) is 0 Å². The van der Waals surface area contributed by atoms with Crippen molar-refractivity contribution in [1.82, 2.24) is 4.90 Å². The molecule has 1 amide bonds. The Morgan fingerprint density at radius 3 is 2.55 bits per heavy atom. The number of hydrogen-bond acceptors (Lipinski definition) is 3. The molecule has 0 aliphatic carbocycles. The Hall–Kier alpha value is -2.07. The van der Waals surface area contributed by atoms with E-state index in [1.807, 2.05) is 7.05 Å². The smallest absolute Gasteiger partial charge is 0.257 e. The summed E-state index contributed by atoms with van der Waals surface area (Å²) in [6.45, 7) is 4.48. The number of carbonyl (C=O) groups is 1. The van der Waals surface area contributed by atoms with Gasteiger partial charge in [0.2, 0.25) is 0 Å². The summed E-state index contributed by atoms with van der Waals surface area (Å²) >= 11 is 0. The summed E-state index contributed by atoms with van der Waals surface area (Å²) in [7, 11) is 1.85. The highest BCUT2D eigenvalue weighted by Crippen LogP contribution is 2.16. The van der Waals surface area contributed by atoms with Gasteiger partial charge in [-0.3, -0.25) is 4.79 Å². The molecule has 4 nitrogen and oxygen atoms in total. The Bertz CT molecular complexity index is 616. The van der Waals surface area contributed by atoms with E-state index in [-0.39, 0.29) is 11.9 Å². The predicted molar refractivity (Wildman–Crippen MR) is 87.7 cm³/mol. The van der Waals surface area contributed by atoms with Gasteiger partial charge in [0.05, 0.1) is 12.1 Å². The first kappa shape index (κ1) is 16.3. The number of benzene rings is 1. The van der Waals surface area contributed by atoms with Crippen molar-refractivity contribution in [3.8, 4) is 0 Å². The molecule has 1 unspecified atom stereocenters. The van der Waals surface area contributed by atoms with Gasteiger partial charge in [-0.25, -0.2) is 0 Å². The molecule has 0 spiro atoms. The van der Waals surface area contributed by atoms with Crippen LogP contribution < -0.4 is 5.73 Å². The molecule has 22 heavy (non-hydrogen) atoms. The van der Waals surface area contributed by atoms with Crippen molar-refractivity contribution < 1.29 is 9.21 Å². The number of likely N-dealkylation sites (N-methyl/N-ethyl adjacent to an activating group) is 1.